The third-order valence-electron chi connectivity index (χ3n) is 5.18. The molecule has 0 fully saturated rings. The molecule has 0 aromatic heterocycles. The maximum atomic E-state index is 13.3. The van der Waals surface area contributed by atoms with Crippen molar-refractivity contribution in [1.29, 1.82) is 0 Å². The van der Waals surface area contributed by atoms with Crippen LogP contribution >= 0.6 is 0 Å². The lowest BCUT2D eigenvalue weighted by Gasteiger charge is -2.17. The van der Waals surface area contributed by atoms with E-state index in [2.05, 4.69) is 0 Å². The van der Waals surface area contributed by atoms with E-state index in [1.165, 1.54) is 12.1 Å². The summed E-state index contributed by atoms with van der Waals surface area (Å²) in [4.78, 5) is 0. The highest BCUT2D eigenvalue weighted by Gasteiger charge is 2.34. The monoisotopic (exact) mass is 504 g/mol. The van der Waals surface area contributed by atoms with E-state index in [0.29, 0.717) is 11.1 Å². The molecule has 4 aromatic carbocycles. The molecule has 0 atom stereocenters. The van der Waals surface area contributed by atoms with Gasteiger partial charge in [0.05, 0.1) is 11.1 Å². The van der Waals surface area contributed by atoms with E-state index in [0.717, 1.165) is 24.3 Å². The lowest BCUT2D eigenvalue weighted by atomic mass is 10.0. The zero-order valence-corrected chi connectivity index (χ0v) is 18.3. The Morgan fingerprint density at radius 1 is 0.500 bits per heavy atom. The van der Waals surface area contributed by atoms with Gasteiger partial charge in [-0.1, -0.05) is 36.4 Å². The second-order valence-electron chi connectivity index (χ2n) is 7.69. The quantitative estimate of drug-likeness (QED) is 0.213. The van der Waals surface area contributed by atoms with Crippen molar-refractivity contribution < 1.29 is 35.8 Å². The van der Waals surface area contributed by atoms with E-state index in [4.69, 9.17) is 20.9 Å². The van der Waals surface area contributed by atoms with E-state index in [1.54, 1.807) is 48.5 Å². The van der Waals surface area contributed by atoms with Gasteiger partial charge in [-0.15, -0.1) is 0 Å². The largest absolute Gasteiger partial charge is 0.457 e. The smallest absolute Gasteiger partial charge is 0.418 e. The molecular formula is C26H18F6N2O2. The van der Waals surface area contributed by atoms with Gasteiger partial charge in [0.15, 0.2) is 0 Å². The summed E-state index contributed by atoms with van der Waals surface area (Å²) in [5.74, 6) is 0.186. The summed E-state index contributed by atoms with van der Waals surface area (Å²) in [5, 5.41) is 0. The molecular weight excluding hydrogens is 486 g/mol. The molecule has 4 aromatic rings. The lowest BCUT2D eigenvalue weighted by molar-refractivity contribution is -0.137. The maximum Gasteiger partial charge on any atom is 0.418 e. The van der Waals surface area contributed by atoms with Crippen molar-refractivity contribution in [3.8, 4) is 34.1 Å². The lowest BCUT2D eigenvalue weighted by Crippen LogP contribution is -2.09. The number of ether oxygens (including phenoxy) is 2. The Labute approximate surface area is 201 Å². The van der Waals surface area contributed by atoms with Crippen LogP contribution in [0.3, 0.4) is 0 Å². The molecule has 4 rings (SSSR count). The van der Waals surface area contributed by atoms with Gasteiger partial charge in [0, 0.05) is 22.5 Å². The predicted octanol–water partition coefficient (Wildman–Crippen LogP) is 8.14. The highest BCUT2D eigenvalue weighted by Crippen LogP contribution is 2.43. The number of hydrogen-bond donors (Lipinski definition) is 2. The van der Waals surface area contributed by atoms with Crippen molar-refractivity contribution in [1.82, 2.24) is 0 Å². The molecule has 4 nitrogen and oxygen atoms in total. The van der Waals surface area contributed by atoms with Crippen molar-refractivity contribution in [2.24, 2.45) is 0 Å². The molecule has 0 amide bonds. The average Bonchev–Trinajstić information content (AvgIpc) is 2.81. The predicted molar refractivity (Wildman–Crippen MR) is 124 cm³/mol. The highest BCUT2D eigenvalue weighted by molar-refractivity contribution is 5.76. The summed E-state index contributed by atoms with van der Waals surface area (Å²) in [6, 6.07) is 19.3. The number of nitrogens with two attached hydrogens (primary N) is 2. The first-order chi connectivity index (χ1) is 16.9. The van der Waals surface area contributed by atoms with Crippen molar-refractivity contribution >= 4 is 11.4 Å². The van der Waals surface area contributed by atoms with Crippen LogP contribution in [-0.2, 0) is 12.4 Å². The minimum Gasteiger partial charge on any atom is -0.457 e. The van der Waals surface area contributed by atoms with Gasteiger partial charge in [-0.3, -0.25) is 0 Å². The van der Waals surface area contributed by atoms with Gasteiger partial charge in [-0.25, -0.2) is 0 Å². The molecule has 4 N–H and O–H groups in total. The van der Waals surface area contributed by atoms with Crippen molar-refractivity contribution in [2.75, 3.05) is 11.5 Å². The van der Waals surface area contributed by atoms with Crippen LogP contribution in [0.2, 0.25) is 0 Å². The number of para-hydroxylation sites is 2. The van der Waals surface area contributed by atoms with Gasteiger partial charge in [-0.2, -0.15) is 26.3 Å². The van der Waals surface area contributed by atoms with E-state index in [1.807, 2.05) is 0 Å². The van der Waals surface area contributed by atoms with Crippen molar-refractivity contribution in [3.63, 3.8) is 0 Å². The summed E-state index contributed by atoms with van der Waals surface area (Å²) in [6.07, 6.45) is -9.34. The fourth-order valence-electron chi connectivity index (χ4n) is 3.50. The SMILES string of the molecule is Nc1ccc(Oc2ccccc2-c2ccccc2Oc2ccc(N)c(C(F)(F)F)c2)cc1C(F)(F)F. The van der Waals surface area contributed by atoms with E-state index in [-0.39, 0.29) is 23.0 Å². The average molecular weight is 504 g/mol. The second kappa shape index (κ2) is 9.37. The summed E-state index contributed by atoms with van der Waals surface area (Å²) in [6.45, 7) is 0. The third kappa shape index (κ3) is 5.32. The highest BCUT2D eigenvalue weighted by atomic mass is 19.4. The standard InChI is InChI=1S/C26H18F6N2O2/c27-25(28,29)19-13-15(9-11-21(19)33)35-23-7-3-1-5-17(23)18-6-2-4-8-24(18)36-16-10-12-22(34)20(14-16)26(30,31)32/h1-14H,33-34H2. The van der Waals surface area contributed by atoms with Gasteiger partial charge >= 0.3 is 12.4 Å². The van der Waals surface area contributed by atoms with Gasteiger partial charge in [-0.05, 0) is 48.5 Å². The van der Waals surface area contributed by atoms with E-state index in [9.17, 15) is 26.3 Å². The van der Waals surface area contributed by atoms with Gasteiger partial charge < -0.3 is 20.9 Å². The zero-order valence-electron chi connectivity index (χ0n) is 18.3. The Bertz CT molecular complexity index is 1290. The van der Waals surface area contributed by atoms with Crippen LogP contribution in [0.5, 0.6) is 23.0 Å². The molecule has 0 radical (unpaired) electrons. The number of halogens is 6. The Morgan fingerprint density at radius 3 is 1.22 bits per heavy atom. The molecule has 0 saturated heterocycles. The minimum atomic E-state index is -4.67. The summed E-state index contributed by atoms with van der Waals surface area (Å²) in [5.41, 5.74) is 8.83. The fraction of sp³-hybridized carbons (Fsp3) is 0.0769. The molecule has 186 valence electrons. The Morgan fingerprint density at radius 2 is 0.861 bits per heavy atom. The van der Waals surface area contributed by atoms with Crippen LogP contribution in [-0.4, -0.2) is 0 Å². The number of alkyl halides is 6. The molecule has 0 unspecified atom stereocenters. The van der Waals surface area contributed by atoms with Gasteiger partial charge in [0.1, 0.15) is 23.0 Å². The maximum absolute atomic E-state index is 13.3. The molecule has 0 bridgehead atoms. The Hall–Kier alpha value is -4.34. The molecule has 0 aliphatic heterocycles. The number of rotatable bonds is 5. The first-order valence-electron chi connectivity index (χ1n) is 10.4. The first-order valence-corrected chi connectivity index (χ1v) is 10.4. The molecule has 0 aliphatic rings. The van der Waals surface area contributed by atoms with Crippen LogP contribution < -0.4 is 20.9 Å². The van der Waals surface area contributed by atoms with Crippen LogP contribution in [0.15, 0.2) is 84.9 Å². The number of benzene rings is 4. The molecule has 0 heterocycles. The minimum absolute atomic E-state index is 0.101. The van der Waals surface area contributed by atoms with Gasteiger partial charge in [0.25, 0.3) is 0 Å². The summed E-state index contributed by atoms with van der Waals surface area (Å²) in [7, 11) is 0. The first kappa shape index (κ1) is 24.8. The third-order valence-corrected chi connectivity index (χ3v) is 5.18. The zero-order chi connectivity index (χ0) is 26.1. The molecule has 0 spiro atoms. The van der Waals surface area contributed by atoms with Crippen LogP contribution in [0, 0.1) is 0 Å². The Kier molecular flexibility index (Phi) is 6.45. The number of hydrogen-bond acceptors (Lipinski definition) is 4. The normalized spacial score (nSPS) is 11.8. The van der Waals surface area contributed by atoms with E-state index < -0.39 is 34.9 Å². The van der Waals surface area contributed by atoms with Crippen LogP contribution in [0.25, 0.3) is 11.1 Å². The Balaban J connectivity index is 1.71. The molecule has 10 heteroatoms. The number of nitrogen functional groups attached to an aromatic ring is 2. The summed E-state index contributed by atoms with van der Waals surface area (Å²) < 4.78 is 91.1. The topological polar surface area (TPSA) is 70.5 Å². The van der Waals surface area contributed by atoms with Crippen LogP contribution in [0.4, 0.5) is 37.7 Å². The molecule has 0 aliphatic carbocycles. The number of anilines is 2. The molecule has 0 saturated carbocycles. The second-order valence-corrected chi connectivity index (χ2v) is 7.69. The van der Waals surface area contributed by atoms with Crippen molar-refractivity contribution in [2.45, 2.75) is 12.4 Å². The fourth-order valence-corrected chi connectivity index (χ4v) is 3.50. The van der Waals surface area contributed by atoms with E-state index >= 15 is 0 Å². The van der Waals surface area contributed by atoms with Crippen molar-refractivity contribution in [3.05, 3.63) is 96.1 Å². The summed E-state index contributed by atoms with van der Waals surface area (Å²) >= 11 is 0. The van der Waals surface area contributed by atoms with Crippen LogP contribution in [0.1, 0.15) is 11.1 Å². The van der Waals surface area contributed by atoms with Gasteiger partial charge in [0.2, 0.25) is 0 Å². The molecule has 36 heavy (non-hydrogen) atoms.